The van der Waals surface area contributed by atoms with Gasteiger partial charge in [0.25, 0.3) is 0 Å². The molecule has 1 aromatic carbocycles. The number of carbonyl (C=O) groups is 2. The third-order valence-electron chi connectivity index (χ3n) is 5.44. The van der Waals surface area contributed by atoms with Gasteiger partial charge in [-0.15, -0.1) is 11.3 Å². The molecule has 2 aliphatic heterocycles. The maximum absolute atomic E-state index is 12.5. The van der Waals surface area contributed by atoms with Crippen LogP contribution in [0.1, 0.15) is 48.2 Å². The smallest absolute Gasteiger partial charge is 0.223 e. The topological polar surface area (TPSA) is 67.9 Å². The molecule has 0 saturated heterocycles. The van der Waals surface area contributed by atoms with Gasteiger partial charge in [-0.3, -0.25) is 9.59 Å². The Labute approximate surface area is 174 Å². The maximum atomic E-state index is 12.5. The van der Waals surface area contributed by atoms with E-state index in [1.807, 2.05) is 30.0 Å². The lowest BCUT2D eigenvalue weighted by Gasteiger charge is -2.27. The average Bonchev–Trinajstić information content (AvgIpc) is 3.23. The van der Waals surface area contributed by atoms with Crippen molar-refractivity contribution in [2.45, 2.75) is 45.2 Å². The highest BCUT2D eigenvalue weighted by molar-refractivity contribution is 7.10. The number of ether oxygens (including phenoxy) is 2. The van der Waals surface area contributed by atoms with Gasteiger partial charge in [-0.1, -0.05) is 13.0 Å². The molecular weight excluding hydrogens is 388 g/mol. The zero-order valence-corrected chi connectivity index (χ0v) is 17.4. The van der Waals surface area contributed by atoms with Crippen LogP contribution >= 0.6 is 11.3 Å². The Morgan fingerprint density at radius 1 is 1.17 bits per heavy atom. The van der Waals surface area contributed by atoms with E-state index in [1.54, 1.807) is 11.3 Å². The molecule has 0 spiro atoms. The van der Waals surface area contributed by atoms with Crippen LogP contribution in [0.25, 0.3) is 0 Å². The van der Waals surface area contributed by atoms with Crippen LogP contribution in [-0.4, -0.2) is 36.5 Å². The molecule has 0 fully saturated rings. The Morgan fingerprint density at radius 2 is 2.00 bits per heavy atom. The highest BCUT2D eigenvalue weighted by atomic mass is 32.1. The van der Waals surface area contributed by atoms with E-state index in [0.717, 1.165) is 36.4 Å². The second-order valence-corrected chi connectivity index (χ2v) is 8.37. The number of hydrogen-bond acceptors (Lipinski definition) is 5. The molecule has 3 heterocycles. The molecule has 2 aromatic rings. The summed E-state index contributed by atoms with van der Waals surface area (Å²) in [6.07, 6.45) is 2.11. The van der Waals surface area contributed by atoms with Crippen molar-refractivity contribution in [2.24, 2.45) is 0 Å². The fourth-order valence-electron chi connectivity index (χ4n) is 3.80. The van der Waals surface area contributed by atoms with Crippen molar-refractivity contribution >= 4 is 23.2 Å². The number of fused-ring (bicyclic) bond motifs is 2. The highest BCUT2D eigenvalue weighted by Gasteiger charge is 2.23. The van der Waals surface area contributed by atoms with Gasteiger partial charge in [0.1, 0.15) is 13.2 Å². The van der Waals surface area contributed by atoms with Gasteiger partial charge in [-0.25, -0.2) is 0 Å². The summed E-state index contributed by atoms with van der Waals surface area (Å²) in [5.74, 6) is 1.40. The van der Waals surface area contributed by atoms with E-state index in [9.17, 15) is 9.59 Å². The minimum Gasteiger partial charge on any atom is -0.486 e. The standard InChI is InChI=1S/C22H26N2O4S/c1-2-17(15-3-4-18-19(13-15)28-11-10-27-18)23-21(25)5-6-22(26)24-9-7-20-16(14-24)8-12-29-20/h3-4,8,12-13,17H,2,5-7,9-11,14H2,1H3,(H,23,25). The number of nitrogens with one attached hydrogen (secondary N) is 1. The summed E-state index contributed by atoms with van der Waals surface area (Å²) in [6.45, 7) is 4.51. The van der Waals surface area contributed by atoms with E-state index in [-0.39, 0.29) is 30.7 Å². The van der Waals surface area contributed by atoms with E-state index >= 15 is 0 Å². The number of benzene rings is 1. The zero-order valence-electron chi connectivity index (χ0n) is 16.6. The van der Waals surface area contributed by atoms with Crippen LogP contribution in [0, 0.1) is 0 Å². The molecule has 7 heteroatoms. The van der Waals surface area contributed by atoms with Gasteiger partial charge in [0.2, 0.25) is 11.8 Å². The molecule has 0 aliphatic carbocycles. The van der Waals surface area contributed by atoms with E-state index < -0.39 is 0 Å². The normalized spacial score (nSPS) is 16.1. The van der Waals surface area contributed by atoms with Crippen molar-refractivity contribution in [3.63, 3.8) is 0 Å². The summed E-state index contributed by atoms with van der Waals surface area (Å²) in [4.78, 5) is 28.3. The number of amides is 2. The van der Waals surface area contributed by atoms with Gasteiger partial charge in [0.05, 0.1) is 6.04 Å². The van der Waals surface area contributed by atoms with Crippen LogP contribution in [0.4, 0.5) is 0 Å². The molecule has 0 radical (unpaired) electrons. The number of thiophene rings is 1. The fourth-order valence-corrected chi connectivity index (χ4v) is 4.69. The quantitative estimate of drug-likeness (QED) is 0.786. The predicted molar refractivity (Wildman–Crippen MR) is 111 cm³/mol. The number of carbonyl (C=O) groups excluding carboxylic acids is 2. The minimum absolute atomic E-state index is 0.0457. The summed E-state index contributed by atoms with van der Waals surface area (Å²) in [6, 6.07) is 7.75. The SMILES string of the molecule is CCC(NC(=O)CCC(=O)N1CCc2sccc2C1)c1ccc2c(c1)OCCO2. The van der Waals surface area contributed by atoms with Crippen LogP contribution in [0.15, 0.2) is 29.6 Å². The molecule has 1 aromatic heterocycles. The lowest BCUT2D eigenvalue weighted by atomic mass is 10.0. The average molecular weight is 415 g/mol. The van der Waals surface area contributed by atoms with Crippen LogP contribution < -0.4 is 14.8 Å². The van der Waals surface area contributed by atoms with Crippen molar-refractivity contribution in [3.05, 3.63) is 45.6 Å². The van der Waals surface area contributed by atoms with Crippen LogP contribution in [0.2, 0.25) is 0 Å². The molecule has 1 N–H and O–H groups in total. The molecule has 1 atom stereocenters. The molecule has 154 valence electrons. The Balaban J connectivity index is 1.30. The van der Waals surface area contributed by atoms with Gasteiger partial charge in [0, 0.05) is 30.8 Å². The van der Waals surface area contributed by atoms with Gasteiger partial charge in [-0.05, 0) is 47.5 Å². The number of hydrogen-bond donors (Lipinski definition) is 1. The summed E-state index contributed by atoms with van der Waals surface area (Å²) in [5, 5.41) is 5.13. The molecule has 6 nitrogen and oxygen atoms in total. The van der Waals surface area contributed by atoms with Gasteiger partial charge in [0.15, 0.2) is 11.5 Å². The van der Waals surface area contributed by atoms with E-state index in [2.05, 4.69) is 16.8 Å². The van der Waals surface area contributed by atoms with Gasteiger partial charge in [-0.2, -0.15) is 0 Å². The molecule has 0 saturated carbocycles. The van der Waals surface area contributed by atoms with E-state index in [1.165, 1.54) is 10.4 Å². The first-order chi connectivity index (χ1) is 14.1. The summed E-state index contributed by atoms with van der Waals surface area (Å²) in [5.41, 5.74) is 2.22. The van der Waals surface area contributed by atoms with Crippen molar-refractivity contribution in [1.29, 1.82) is 0 Å². The van der Waals surface area contributed by atoms with Crippen LogP contribution in [0.3, 0.4) is 0 Å². The highest BCUT2D eigenvalue weighted by Crippen LogP contribution is 2.33. The van der Waals surface area contributed by atoms with Crippen molar-refractivity contribution in [2.75, 3.05) is 19.8 Å². The second kappa shape index (κ2) is 8.86. The van der Waals surface area contributed by atoms with E-state index in [4.69, 9.17) is 9.47 Å². The first-order valence-electron chi connectivity index (χ1n) is 10.2. The Kier molecular flexibility index (Phi) is 6.04. The minimum atomic E-state index is -0.114. The second-order valence-electron chi connectivity index (χ2n) is 7.37. The summed E-state index contributed by atoms with van der Waals surface area (Å²) < 4.78 is 11.2. The number of rotatable bonds is 6. The predicted octanol–water partition coefficient (Wildman–Crippen LogP) is 3.45. The molecule has 1 unspecified atom stereocenters. The van der Waals surface area contributed by atoms with Gasteiger partial charge < -0.3 is 19.7 Å². The molecule has 2 aliphatic rings. The first-order valence-corrected chi connectivity index (χ1v) is 11.0. The fraction of sp³-hybridized carbons (Fsp3) is 0.455. The number of nitrogens with zero attached hydrogens (tertiary/aromatic N) is 1. The lowest BCUT2D eigenvalue weighted by molar-refractivity contribution is -0.134. The summed E-state index contributed by atoms with van der Waals surface area (Å²) in [7, 11) is 0. The third-order valence-corrected chi connectivity index (χ3v) is 6.46. The monoisotopic (exact) mass is 414 g/mol. The summed E-state index contributed by atoms with van der Waals surface area (Å²) >= 11 is 1.75. The maximum Gasteiger partial charge on any atom is 0.223 e. The van der Waals surface area contributed by atoms with Crippen LogP contribution in [-0.2, 0) is 22.6 Å². The molecule has 29 heavy (non-hydrogen) atoms. The van der Waals surface area contributed by atoms with Crippen molar-refractivity contribution in [3.8, 4) is 11.5 Å². The Hall–Kier alpha value is -2.54. The Bertz CT molecular complexity index is 895. The van der Waals surface area contributed by atoms with E-state index in [0.29, 0.717) is 19.8 Å². The largest absolute Gasteiger partial charge is 0.486 e. The van der Waals surface area contributed by atoms with Crippen molar-refractivity contribution in [1.82, 2.24) is 10.2 Å². The molecular formula is C22H26N2O4S. The third kappa shape index (κ3) is 4.56. The molecule has 0 bridgehead atoms. The van der Waals surface area contributed by atoms with Gasteiger partial charge >= 0.3 is 0 Å². The molecule has 4 rings (SSSR count). The van der Waals surface area contributed by atoms with Crippen LogP contribution in [0.5, 0.6) is 11.5 Å². The lowest BCUT2D eigenvalue weighted by Crippen LogP contribution is -2.36. The van der Waals surface area contributed by atoms with Crippen molar-refractivity contribution < 1.29 is 19.1 Å². The zero-order chi connectivity index (χ0) is 20.2. The first kappa shape index (κ1) is 19.8. The molecule has 2 amide bonds. The Morgan fingerprint density at radius 3 is 2.83 bits per heavy atom.